The summed E-state index contributed by atoms with van der Waals surface area (Å²) in [5, 5.41) is 0. The van der Waals surface area contributed by atoms with Gasteiger partial charge in [0, 0.05) is 11.8 Å². The first-order valence-corrected chi connectivity index (χ1v) is 4.85. The van der Waals surface area contributed by atoms with Crippen molar-refractivity contribution in [3.63, 3.8) is 0 Å². The van der Waals surface area contributed by atoms with Crippen molar-refractivity contribution in [2.45, 2.75) is 39.2 Å². The summed E-state index contributed by atoms with van der Waals surface area (Å²) in [6.07, 6.45) is 3.58. The Kier molecular flexibility index (Phi) is 1.68. The lowest BCUT2D eigenvalue weighted by atomic mass is 9.66. The van der Waals surface area contributed by atoms with Crippen molar-refractivity contribution >= 4 is 5.78 Å². The van der Waals surface area contributed by atoms with E-state index in [4.69, 9.17) is 4.74 Å². The fraction of sp³-hybridized carbons (Fsp3) is 0.727. The molecule has 1 saturated carbocycles. The van der Waals surface area contributed by atoms with Gasteiger partial charge in [0.15, 0.2) is 0 Å². The van der Waals surface area contributed by atoms with Crippen LogP contribution >= 0.6 is 0 Å². The molecular weight excluding hydrogens is 164 g/mol. The van der Waals surface area contributed by atoms with Gasteiger partial charge in [0.2, 0.25) is 0 Å². The fourth-order valence-corrected chi connectivity index (χ4v) is 2.54. The van der Waals surface area contributed by atoms with Crippen molar-refractivity contribution in [1.29, 1.82) is 0 Å². The molecule has 13 heavy (non-hydrogen) atoms. The third kappa shape index (κ3) is 1.08. The van der Waals surface area contributed by atoms with Crippen molar-refractivity contribution in [2.75, 3.05) is 6.61 Å². The molecule has 1 atom stereocenters. The number of hydrogen-bond donors (Lipinski definition) is 0. The molecule has 0 bridgehead atoms. The molecule has 0 aromatic heterocycles. The standard InChI is InChI=1S/C11H16O2/c1-10(2)8-5-7-13-11(8,3)6-4-9(10)12/h5H,4,6-7H2,1-3H3. The molecule has 0 spiro atoms. The molecule has 1 aliphatic heterocycles. The Morgan fingerprint density at radius 3 is 2.77 bits per heavy atom. The minimum Gasteiger partial charge on any atom is -0.367 e. The molecule has 2 nitrogen and oxygen atoms in total. The Bertz CT molecular complexity index is 288. The van der Waals surface area contributed by atoms with Crippen molar-refractivity contribution in [3.8, 4) is 0 Å². The number of ether oxygens (including phenoxy) is 1. The molecule has 1 fully saturated rings. The normalized spacial score (nSPS) is 37.2. The first-order valence-electron chi connectivity index (χ1n) is 4.85. The van der Waals surface area contributed by atoms with E-state index in [0.717, 1.165) is 6.42 Å². The Morgan fingerprint density at radius 1 is 1.38 bits per heavy atom. The molecule has 1 aliphatic carbocycles. The van der Waals surface area contributed by atoms with Crippen LogP contribution in [-0.4, -0.2) is 18.0 Å². The topological polar surface area (TPSA) is 26.3 Å². The second-order valence-corrected chi connectivity index (χ2v) is 4.71. The summed E-state index contributed by atoms with van der Waals surface area (Å²) < 4.78 is 5.68. The van der Waals surface area contributed by atoms with Gasteiger partial charge in [0.05, 0.1) is 12.2 Å². The highest BCUT2D eigenvalue weighted by Gasteiger charge is 2.49. The number of Topliss-reactive ketones (excluding diaryl/α,β-unsaturated/α-hetero) is 1. The van der Waals surface area contributed by atoms with Crippen LogP contribution in [0.15, 0.2) is 11.6 Å². The molecule has 0 saturated heterocycles. The van der Waals surface area contributed by atoms with Crippen molar-refractivity contribution in [3.05, 3.63) is 11.6 Å². The Morgan fingerprint density at radius 2 is 2.08 bits per heavy atom. The number of carbonyl (C=O) groups excluding carboxylic acids is 1. The van der Waals surface area contributed by atoms with Gasteiger partial charge in [-0.15, -0.1) is 0 Å². The maximum atomic E-state index is 11.7. The van der Waals surface area contributed by atoms with E-state index in [1.807, 2.05) is 13.8 Å². The molecular formula is C11H16O2. The Hall–Kier alpha value is -0.630. The SMILES string of the molecule is CC12CCC(=O)C(C)(C)C1=CCO2. The van der Waals surface area contributed by atoms with Gasteiger partial charge < -0.3 is 4.74 Å². The van der Waals surface area contributed by atoms with Crippen molar-refractivity contribution < 1.29 is 9.53 Å². The van der Waals surface area contributed by atoms with Gasteiger partial charge >= 0.3 is 0 Å². The van der Waals surface area contributed by atoms with Gasteiger partial charge in [-0.05, 0) is 32.8 Å². The average Bonchev–Trinajstić information content (AvgIpc) is 2.43. The molecule has 2 rings (SSSR count). The molecule has 1 unspecified atom stereocenters. The highest BCUT2D eigenvalue weighted by molar-refractivity contribution is 5.89. The number of hydrogen-bond acceptors (Lipinski definition) is 2. The molecule has 0 radical (unpaired) electrons. The van der Waals surface area contributed by atoms with Crippen LogP contribution in [0.25, 0.3) is 0 Å². The maximum Gasteiger partial charge on any atom is 0.142 e. The third-order valence-corrected chi connectivity index (χ3v) is 3.46. The molecule has 72 valence electrons. The zero-order valence-corrected chi connectivity index (χ0v) is 8.52. The lowest BCUT2D eigenvalue weighted by Gasteiger charge is -2.41. The van der Waals surface area contributed by atoms with E-state index < -0.39 is 0 Å². The monoisotopic (exact) mass is 180 g/mol. The lowest BCUT2D eigenvalue weighted by molar-refractivity contribution is -0.131. The molecule has 0 amide bonds. The highest BCUT2D eigenvalue weighted by atomic mass is 16.5. The van der Waals surface area contributed by atoms with Gasteiger partial charge in [-0.25, -0.2) is 0 Å². The number of rotatable bonds is 0. The maximum absolute atomic E-state index is 11.7. The van der Waals surface area contributed by atoms with E-state index in [1.165, 1.54) is 5.57 Å². The summed E-state index contributed by atoms with van der Waals surface area (Å²) in [4.78, 5) is 11.7. The molecule has 0 aromatic rings. The Labute approximate surface area is 79.0 Å². The van der Waals surface area contributed by atoms with Gasteiger partial charge in [0.1, 0.15) is 5.78 Å². The van der Waals surface area contributed by atoms with Crippen LogP contribution < -0.4 is 0 Å². The lowest BCUT2D eigenvalue weighted by Crippen LogP contribution is -2.44. The zero-order chi connectivity index (χ0) is 9.69. The number of fused-ring (bicyclic) bond motifs is 1. The smallest absolute Gasteiger partial charge is 0.142 e. The second kappa shape index (κ2) is 2.44. The Balaban J connectivity index is 2.43. The van der Waals surface area contributed by atoms with E-state index in [2.05, 4.69) is 13.0 Å². The first-order chi connectivity index (χ1) is 5.97. The summed E-state index contributed by atoms with van der Waals surface area (Å²) in [6.45, 7) is 6.78. The van der Waals surface area contributed by atoms with Crippen LogP contribution in [0.3, 0.4) is 0 Å². The van der Waals surface area contributed by atoms with E-state index in [0.29, 0.717) is 18.8 Å². The summed E-state index contributed by atoms with van der Waals surface area (Å²) in [7, 11) is 0. The molecule has 2 aliphatic rings. The highest BCUT2D eigenvalue weighted by Crippen LogP contribution is 2.47. The quantitative estimate of drug-likeness (QED) is 0.533. The van der Waals surface area contributed by atoms with Crippen LogP contribution in [-0.2, 0) is 9.53 Å². The van der Waals surface area contributed by atoms with Gasteiger partial charge in [-0.2, -0.15) is 0 Å². The minimum atomic E-state index is -0.302. The summed E-state index contributed by atoms with van der Waals surface area (Å²) in [6, 6.07) is 0. The summed E-state index contributed by atoms with van der Waals surface area (Å²) >= 11 is 0. The predicted molar refractivity (Wildman–Crippen MR) is 50.5 cm³/mol. The van der Waals surface area contributed by atoms with Crippen LogP contribution in [0.4, 0.5) is 0 Å². The first kappa shape index (κ1) is 8.95. The number of carbonyl (C=O) groups is 1. The number of ketones is 1. The molecule has 0 N–H and O–H groups in total. The van der Waals surface area contributed by atoms with Gasteiger partial charge in [0.25, 0.3) is 0 Å². The summed E-state index contributed by atoms with van der Waals surface area (Å²) in [5.74, 6) is 0.349. The minimum absolute atomic E-state index is 0.155. The average molecular weight is 180 g/mol. The van der Waals surface area contributed by atoms with Crippen LogP contribution in [0, 0.1) is 5.41 Å². The fourth-order valence-electron chi connectivity index (χ4n) is 2.54. The van der Waals surface area contributed by atoms with Gasteiger partial charge in [-0.1, -0.05) is 6.08 Å². The van der Waals surface area contributed by atoms with E-state index in [-0.39, 0.29) is 11.0 Å². The summed E-state index contributed by atoms with van der Waals surface area (Å²) in [5.41, 5.74) is 0.734. The van der Waals surface area contributed by atoms with Crippen molar-refractivity contribution in [2.24, 2.45) is 5.41 Å². The second-order valence-electron chi connectivity index (χ2n) is 4.71. The van der Waals surface area contributed by atoms with Crippen molar-refractivity contribution in [1.82, 2.24) is 0 Å². The third-order valence-electron chi connectivity index (χ3n) is 3.46. The van der Waals surface area contributed by atoms with Gasteiger partial charge in [-0.3, -0.25) is 4.79 Å². The van der Waals surface area contributed by atoms with Crippen LogP contribution in [0.2, 0.25) is 0 Å². The van der Waals surface area contributed by atoms with Crippen LogP contribution in [0.5, 0.6) is 0 Å². The van der Waals surface area contributed by atoms with E-state index in [1.54, 1.807) is 0 Å². The zero-order valence-electron chi connectivity index (χ0n) is 8.52. The predicted octanol–water partition coefficient (Wildman–Crippen LogP) is 2.09. The molecule has 0 aromatic carbocycles. The van der Waals surface area contributed by atoms with E-state index >= 15 is 0 Å². The molecule has 2 heteroatoms. The largest absolute Gasteiger partial charge is 0.367 e. The van der Waals surface area contributed by atoms with Crippen LogP contribution in [0.1, 0.15) is 33.6 Å². The van der Waals surface area contributed by atoms with E-state index in [9.17, 15) is 4.79 Å². The molecule has 1 heterocycles.